The van der Waals surface area contributed by atoms with Gasteiger partial charge in [0.2, 0.25) is 0 Å². The average Bonchev–Trinajstić information content (AvgIpc) is 3.29. The maximum absolute atomic E-state index is 13.3. The van der Waals surface area contributed by atoms with Gasteiger partial charge in [-0.1, -0.05) is 64.0 Å². The number of benzene rings is 4. The molecule has 0 unspecified atom stereocenters. The number of aromatic nitrogens is 1. The van der Waals surface area contributed by atoms with Crippen molar-refractivity contribution in [1.82, 2.24) is 10.4 Å². The number of carbonyl (C=O) groups is 2. The summed E-state index contributed by atoms with van der Waals surface area (Å²) in [6, 6.07) is 28.1. The van der Waals surface area contributed by atoms with Gasteiger partial charge in [-0.2, -0.15) is 5.10 Å². The van der Waals surface area contributed by atoms with E-state index < -0.39 is 5.97 Å². The Kier molecular flexibility index (Phi) is 7.71. The average molecular weight is 678 g/mol. The first kappa shape index (κ1) is 25.9. The molecule has 188 valence electrons. The number of aryl methyl sites for hydroxylation is 1. The van der Waals surface area contributed by atoms with Crippen LogP contribution >= 0.6 is 38.5 Å². The number of H-pyrrole nitrogens is 1. The summed E-state index contributed by atoms with van der Waals surface area (Å²) in [5.74, 6) is -0.544. The number of nitrogens with zero attached hydrogens (tertiary/aromatic N) is 1. The minimum absolute atomic E-state index is 0.322. The van der Waals surface area contributed by atoms with Gasteiger partial charge in [0.05, 0.1) is 11.8 Å². The Bertz CT molecular complexity index is 1700. The summed E-state index contributed by atoms with van der Waals surface area (Å²) >= 11 is 5.70. The quantitative estimate of drug-likeness (QED) is 0.0642. The summed E-state index contributed by atoms with van der Waals surface area (Å²) in [5.41, 5.74) is 7.54. The zero-order valence-corrected chi connectivity index (χ0v) is 23.9. The Morgan fingerprint density at radius 3 is 2.58 bits per heavy atom. The minimum Gasteiger partial charge on any atom is -0.422 e. The van der Waals surface area contributed by atoms with Crippen LogP contribution in [0.1, 0.15) is 32.0 Å². The van der Waals surface area contributed by atoms with Crippen molar-refractivity contribution < 1.29 is 14.3 Å². The highest BCUT2D eigenvalue weighted by Gasteiger charge is 2.19. The van der Waals surface area contributed by atoms with Crippen LogP contribution < -0.4 is 10.2 Å². The van der Waals surface area contributed by atoms with E-state index in [4.69, 9.17) is 4.74 Å². The summed E-state index contributed by atoms with van der Waals surface area (Å²) in [6.07, 6.45) is 1.45. The molecule has 38 heavy (non-hydrogen) atoms. The Labute approximate surface area is 241 Å². The van der Waals surface area contributed by atoms with E-state index in [0.717, 1.165) is 35.6 Å². The molecule has 0 saturated heterocycles. The Morgan fingerprint density at radius 1 is 0.974 bits per heavy atom. The molecular formula is C30H21BrIN3O3. The molecule has 1 aromatic heterocycles. The van der Waals surface area contributed by atoms with E-state index in [2.05, 4.69) is 54.0 Å². The molecule has 5 rings (SSSR count). The van der Waals surface area contributed by atoms with E-state index in [1.54, 1.807) is 36.4 Å². The molecule has 0 aliphatic rings. The van der Waals surface area contributed by atoms with Gasteiger partial charge in [-0.05, 0) is 83.6 Å². The minimum atomic E-state index is -0.477. The molecule has 2 N–H and O–H groups in total. The summed E-state index contributed by atoms with van der Waals surface area (Å²) in [5, 5.41) is 5.13. The van der Waals surface area contributed by atoms with Gasteiger partial charge in [0.25, 0.3) is 5.91 Å². The highest BCUT2D eigenvalue weighted by molar-refractivity contribution is 14.1. The topological polar surface area (TPSA) is 83.5 Å². The molecule has 6 nitrogen and oxygen atoms in total. The van der Waals surface area contributed by atoms with Crippen LogP contribution in [0.15, 0.2) is 101 Å². The summed E-state index contributed by atoms with van der Waals surface area (Å²) < 4.78 is 7.48. The van der Waals surface area contributed by atoms with Crippen LogP contribution in [0.3, 0.4) is 0 Å². The van der Waals surface area contributed by atoms with Crippen molar-refractivity contribution in [1.29, 1.82) is 0 Å². The van der Waals surface area contributed by atoms with Gasteiger partial charge in [-0.15, -0.1) is 0 Å². The number of carbonyl (C=O) groups excluding carboxylic acids is 2. The van der Waals surface area contributed by atoms with Crippen LogP contribution in [-0.2, 0) is 0 Å². The maximum Gasteiger partial charge on any atom is 0.343 e. The number of nitrogens with one attached hydrogen (secondary N) is 2. The van der Waals surface area contributed by atoms with E-state index in [0.29, 0.717) is 22.6 Å². The summed E-state index contributed by atoms with van der Waals surface area (Å²) in [4.78, 5) is 29.2. The van der Waals surface area contributed by atoms with Crippen LogP contribution in [-0.4, -0.2) is 23.1 Å². The van der Waals surface area contributed by atoms with Gasteiger partial charge in [0.15, 0.2) is 0 Å². The lowest BCUT2D eigenvalue weighted by Gasteiger charge is -2.09. The van der Waals surface area contributed by atoms with Crippen LogP contribution in [0, 0.1) is 10.5 Å². The SMILES string of the molecule is Cc1cccc(C(=O)Oc2ccc(Br)cc2C=NNC(=O)c2[nH]c3ccc(I)cc3c2-c2ccccc2)c1. The smallest absolute Gasteiger partial charge is 0.343 e. The molecule has 0 radical (unpaired) electrons. The number of hydrogen-bond donors (Lipinski definition) is 2. The van der Waals surface area contributed by atoms with Crippen molar-refractivity contribution in [3.63, 3.8) is 0 Å². The second-order valence-corrected chi connectivity index (χ2v) is 10.7. The Balaban J connectivity index is 1.41. The van der Waals surface area contributed by atoms with Crippen LogP contribution in [0.25, 0.3) is 22.0 Å². The van der Waals surface area contributed by atoms with Crippen molar-refractivity contribution >= 4 is 67.5 Å². The van der Waals surface area contributed by atoms with E-state index in [-0.39, 0.29) is 5.91 Å². The zero-order valence-electron chi connectivity index (χ0n) is 20.2. The number of ether oxygens (including phenoxy) is 1. The molecule has 0 aliphatic heterocycles. The van der Waals surface area contributed by atoms with E-state index in [1.807, 2.05) is 61.5 Å². The standard InChI is InChI=1S/C30H21BrIN3O3/c1-18-6-5-9-20(14-18)30(37)38-26-13-10-22(31)15-21(26)17-33-35-29(36)28-27(19-7-3-2-4-8-19)24-16-23(32)11-12-25(24)34-28/h2-17,34H,1H3,(H,35,36). The normalized spacial score (nSPS) is 11.1. The lowest BCUT2D eigenvalue weighted by Crippen LogP contribution is -2.19. The first-order valence-corrected chi connectivity index (χ1v) is 13.5. The van der Waals surface area contributed by atoms with E-state index in [1.165, 1.54) is 6.21 Å². The van der Waals surface area contributed by atoms with Gasteiger partial charge < -0.3 is 9.72 Å². The van der Waals surface area contributed by atoms with Gasteiger partial charge in [0, 0.05) is 30.1 Å². The second-order valence-electron chi connectivity index (χ2n) is 8.57. The monoisotopic (exact) mass is 677 g/mol. The number of esters is 1. The molecule has 1 heterocycles. The molecule has 8 heteroatoms. The molecule has 4 aromatic carbocycles. The first-order valence-electron chi connectivity index (χ1n) is 11.7. The lowest BCUT2D eigenvalue weighted by atomic mass is 10.0. The predicted molar refractivity (Wildman–Crippen MR) is 162 cm³/mol. The molecule has 0 saturated carbocycles. The third kappa shape index (κ3) is 5.71. The molecule has 0 atom stereocenters. The fourth-order valence-electron chi connectivity index (χ4n) is 4.10. The van der Waals surface area contributed by atoms with Gasteiger partial charge in [-0.25, -0.2) is 10.2 Å². The van der Waals surface area contributed by atoms with Gasteiger partial charge >= 0.3 is 5.97 Å². The van der Waals surface area contributed by atoms with Crippen molar-refractivity contribution in [3.05, 3.63) is 121 Å². The van der Waals surface area contributed by atoms with E-state index >= 15 is 0 Å². The molecule has 1 amide bonds. The molecule has 0 spiro atoms. The highest BCUT2D eigenvalue weighted by atomic mass is 127. The Hall–Kier alpha value is -3.76. The molecule has 0 fully saturated rings. The summed E-state index contributed by atoms with van der Waals surface area (Å²) in [7, 11) is 0. The number of aromatic amines is 1. The van der Waals surface area contributed by atoms with Crippen LogP contribution in [0.5, 0.6) is 5.75 Å². The van der Waals surface area contributed by atoms with Crippen LogP contribution in [0.2, 0.25) is 0 Å². The number of halogens is 2. The highest BCUT2D eigenvalue weighted by Crippen LogP contribution is 2.33. The number of amides is 1. The molecule has 5 aromatic rings. The third-order valence-electron chi connectivity index (χ3n) is 5.85. The van der Waals surface area contributed by atoms with Crippen molar-refractivity contribution in [2.24, 2.45) is 5.10 Å². The first-order chi connectivity index (χ1) is 18.4. The van der Waals surface area contributed by atoms with Crippen molar-refractivity contribution in [2.45, 2.75) is 6.92 Å². The number of hydrogen-bond acceptors (Lipinski definition) is 4. The number of rotatable bonds is 6. The molecule has 0 aliphatic carbocycles. The second kappa shape index (κ2) is 11.3. The lowest BCUT2D eigenvalue weighted by molar-refractivity contribution is 0.0734. The van der Waals surface area contributed by atoms with Gasteiger partial charge in [0.1, 0.15) is 11.4 Å². The molecular weight excluding hydrogens is 657 g/mol. The zero-order chi connectivity index (χ0) is 26.6. The van der Waals surface area contributed by atoms with Crippen molar-refractivity contribution in [2.75, 3.05) is 0 Å². The van der Waals surface area contributed by atoms with Crippen LogP contribution in [0.4, 0.5) is 0 Å². The maximum atomic E-state index is 13.3. The summed E-state index contributed by atoms with van der Waals surface area (Å²) in [6.45, 7) is 1.91. The fourth-order valence-corrected chi connectivity index (χ4v) is 4.97. The predicted octanol–water partition coefficient (Wildman–Crippen LogP) is 7.49. The third-order valence-corrected chi connectivity index (χ3v) is 7.01. The Morgan fingerprint density at radius 2 is 1.79 bits per heavy atom. The van der Waals surface area contributed by atoms with E-state index in [9.17, 15) is 9.59 Å². The molecule has 0 bridgehead atoms. The number of fused-ring (bicyclic) bond motifs is 1. The van der Waals surface area contributed by atoms with Crippen molar-refractivity contribution in [3.8, 4) is 16.9 Å². The van der Waals surface area contributed by atoms with Gasteiger partial charge in [-0.3, -0.25) is 4.79 Å². The number of hydrazone groups is 1. The fraction of sp³-hybridized carbons (Fsp3) is 0.0333. The largest absolute Gasteiger partial charge is 0.422 e.